The van der Waals surface area contributed by atoms with Gasteiger partial charge < -0.3 is 14.9 Å². The maximum atomic E-state index is 6.38. The highest BCUT2D eigenvalue weighted by molar-refractivity contribution is 5.78. The van der Waals surface area contributed by atoms with Crippen molar-refractivity contribution in [1.29, 1.82) is 0 Å². The van der Waals surface area contributed by atoms with Crippen LogP contribution in [0, 0.1) is 0 Å². The summed E-state index contributed by atoms with van der Waals surface area (Å²) in [5.41, 5.74) is 9.48. The van der Waals surface area contributed by atoms with E-state index in [1.807, 2.05) is 42.5 Å². The first-order valence-electron chi connectivity index (χ1n) is 6.81. The standard InChI is InChI=1S/C17H15NO2/c18-16(13-6-3-5-11-8-9-19-17(11)13)15-10-12-4-1-2-7-14(12)20-15/h1-7,10,16H,8-9,18H2. The Labute approximate surface area is 117 Å². The molecule has 1 unspecified atom stereocenters. The molecular weight excluding hydrogens is 250 g/mol. The van der Waals surface area contributed by atoms with Gasteiger partial charge in [-0.15, -0.1) is 0 Å². The van der Waals surface area contributed by atoms with Crippen molar-refractivity contribution >= 4 is 11.0 Å². The Morgan fingerprint density at radius 1 is 1.05 bits per heavy atom. The normalized spacial score (nSPS) is 15.1. The van der Waals surface area contributed by atoms with Crippen molar-refractivity contribution in [2.45, 2.75) is 12.5 Å². The van der Waals surface area contributed by atoms with Gasteiger partial charge in [0.05, 0.1) is 12.6 Å². The van der Waals surface area contributed by atoms with Gasteiger partial charge in [-0.1, -0.05) is 36.4 Å². The van der Waals surface area contributed by atoms with Crippen LogP contribution in [0.25, 0.3) is 11.0 Å². The summed E-state index contributed by atoms with van der Waals surface area (Å²) in [4.78, 5) is 0. The molecular formula is C17H15NO2. The van der Waals surface area contributed by atoms with Crippen molar-refractivity contribution in [3.63, 3.8) is 0 Å². The molecule has 2 aromatic carbocycles. The fraction of sp³-hybridized carbons (Fsp3) is 0.176. The van der Waals surface area contributed by atoms with Gasteiger partial charge >= 0.3 is 0 Å². The zero-order valence-electron chi connectivity index (χ0n) is 11.0. The number of rotatable bonds is 2. The average molecular weight is 265 g/mol. The van der Waals surface area contributed by atoms with Gasteiger partial charge in [0, 0.05) is 17.4 Å². The second-order valence-corrected chi connectivity index (χ2v) is 5.10. The Bertz CT molecular complexity index is 743. The molecule has 0 bridgehead atoms. The Morgan fingerprint density at radius 2 is 1.95 bits per heavy atom. The fourth-order valence-corrected chi connectivity index (χ4v) is 2.79. The number of nitrogens with two attached hydrogens (primary N) is 1. The summed E-state index contributed by atoms with van der Waals surface area (Å²) in [6, 6.07) is 15.8. The maximum absolute atomic E-state index is 6.38. The summed E-state index contributed by atoms with van der Waals surface area (Å²) in [6.07, 6.45) is 0.954. The molecule has 1 atom stereocenters. The molecule has 3 aromatic rings. The van der Waals surface area contributed by atoms with Crippen molar-refractivity contribution in [3.8, 4) is 5.75 Å². The first-order valence-corrected chi connectivity index (χ1v) is 6.81. The summed E-state index contributed by atoms with van der Waals surface area (Å²) in [7, 11) is 0. The first kappa shape index (κ1) is 11.6. The minimum atomic E-state index is -0.296. The van der Waals surface area contributed by atoms with Crippen LogP contribution in [0.3, 0.4) is 0 Å². The molecule has 0 saturated carbocycles. The van der Waals surface area contributed by atoms with Crippen LogP contribution in [0.4, 0.5) is 0 Å². The molecule has 0 fully saturated rings. The lowest BCUT2D eigenvalue weighted by Crippen LogP contribution is -2.12. The van der Waals surface area contributed by atoms with E-state index in [1.165, 1.54) is 5.56 Å². The van der Waals surface area contributed by atoms with Crippen LogP contribution in [0.15, 0.2) is 52.9 Å². The van der Waals surface area contributed by atoms with Crippen LogP contribution in [-0.4, -0.2) is 6.61 Å². The molecule has 0 spiro atoms. The lowest BCUT2D eigenvalue weighted by molar-refractivity contribution is 0.351. The van der Waals surface area contributed by atoms with Gasteiger partial charge in [-0.2, -0.15) is 0 Å². The molecule has 3 heteroatoms. The van der Waals surface area contributed by atoms with Crippen LogP contribution in [0.5, 0.6) is 5.75 Å². The molecule has 0 aliphatic carbocycles. The molecule has 4 rings (SSSR count). The van der Waals surface area contributed by atoms with E-state index in [-0.39, 0.29) is 6.04 Å². The zero-order chi connectivity index (χ0) is 13.5. The van der Waals surface area contributed by atoms with Crippen LogP contribution >= 0.6 is 0 Å². The molecule has 2 heterocycles. The lowest BCUT2D eigenvalue weighted by Gasteiger charge is -2.13. The third kappa shape index (κ3) is 1.71. The number of furan rings is 1. The molecule has 1 aromatic heterocycles. The third-order valence-electron chi connectivity index (χ3n) is 3.83. The topological polar surface area (TPSA) is 48.4 Å². The second-order valence-electron chi connectivity index (χ2n) is 5.10. The van der Waals surface area contributed by atoms with Crippen LogP contribution in [-0.2, 0) is 6.42 Å². The largest absolute Gasteiger partial charge is 0.493 e. The van der Waals surface area contributed by atoms with E-state index in [2.05, 4.69) is 6.07 Å². The quantitative estimate of drug-likeness (QED) is 0.772. The third-order valence-corrected chi connectivity index (χ3v) is 3.83. The van der Waals surface area contributed by atoms with Crippen molar-refractivity contribution in [1.82, 2.24) is 0 Å². The van der Waals surface area contributed by atoms with Gasteiger partial charge in [-0.25, -0.2) is 0 Å². The predicted octanol–water partition coefficient (Wildman–Crippen LogP) is 3.42. The minimum absolute atomic E-state index is 0.296. The summed E-state index contributed by atoms with van der Waals surface area (Å²) >= 11 is 0. The highest BCUT2D eigenvalue weighted by Gasteiger charge is 2.23. The Hall–Kier alpha value is -2.26. The molecule has 0 amide bonds. The molecule has 1 aliphatic rings. The van der Waals surface area contributed by atoms with Crippen LogP contribution in [0.2, 0.25) is 0 Å². The molecule has 0 saturated heterocycles. The zero-order valence-corrected chi connectivity index (χ0v) is 11.0. The summed E-state index contributed by atoms with van der Waals surface area (Å²) in [5.74, 6) is 1.70. The van der Waals surface area contributed by atoms with Gasteiger partial charge in [0.15, 0.2) is 0 Å². The smallest absolute Gasteiger partial charge is 0.134 e. The minimum Gasteiger partial charge on any atom is -0.493 e. The summed E-state index contributed by atoms with van der Waals surface area (Å²) in [5, 5.41) is 1.08. The lowest BCUT2D eigenvalue weighted by atomic mass is 10.0. The summed E-state index contributed by atoms with van der Waals surface area (Å²) < 4.78 is 11.6. The number of fused-ring (bicyclic) bond motifs is 2. The van der Waals surface area contributed by atoms with E-state index in [9.17, 15) is 0 Å². The molecule has 0 radical (unpaired) electrons. The highest BCUT2D eigenvalue weighted by atomic mass is 16.5. The van der Waals surface area contributed by atoms with E-state index >= 15 is 0 Å². The number of ether oxygens (including phenoxy) is 1. The molecule has 20 heavy (non-hydrogen) atoms. The van der Waals surface area contributed by atoms with Crippen molar-refractivity contribution in [3.05, 3.63) is 65.4 Å². The Morgan fingerprint density at radius 3 is 2.85 bits per heavy atom. The Kier molecular flexibility index (Phi) is 2.54. The van der Waals surface area contributed by atoms with E-state index in [1.54, 1.807) is 0 Å². The van der Waals surface area contributed by atoms with E-state index in [0.29, 0.717) is 0 Å². The van der Waals surface area contributed by atoms with Crippen molar-refractivity contribution in [2.24, 2.45) is 5.73 Å². The van der Waals surface area contributed by atoms with Gasteiger partial charge in [0.1, 0.15) is 17.1 Å². The van der Waals surface area contributed by atoms with Crippen molar-refractivity contribution in [2.75, 3.05) is 6.61 Å². The summed E-state index contributed by atoms with van der Waals surface area (Å²) in [6.45, 7) is 0.735. The van der Waals surface area contributed by atoms with E-state index in [4.69, 9.17) is 14.9 Å². The van der Waals surface area contributed by atoms with Crippen LogP contribution in [0.1, 0.15) is 22.9 Å². The number of hydrogen-bond donors (Lipinski definition) is 1. The predicted molar refractivity (Wildman–Crippen MR) is 77.9 cm³/mol. The fourth-order valence-electron chi connectivity index (χ4n) is 2.79. The Balaban J connectivity index is 1.80. The van der Waals surface area contributed by atoms with Gasteiger partial charge in [0.25, 0.3) is 0 Å². The average Bonchev–Trinajstić information content (AvgIpc) is 3.12. The maximum Gasteiger partial charge on any atom is 0.134 e. The van der Waals surface area contributed by atoms with Gasteiger partial charge in [-0.3, -0.25) is 0 Å². The monoisotopic (exact) mass is 265 g/mol. The van der Waals surface area contributed by atoms with Crippen molar-refractivity contribution < 1.29 is 9.15 Å². The van der Waals surface area contributed by atoms with E-state index < -0.39 is 0 Å². The molecule has 1 aliphatic heterocycles. The van der Waals surface area contributed by atoms with Crippen LogP contribution < -0.4 is 10.5 Å². The first-order chi connectivity index (χ1) is 9.83. The number of hydrogen-bond acceptors (Lipinski definition) is 3. The number of benzene rings is 2. The molecule has 100 valence electrons. The SMILES string of the molecule is NC(c1cc2ccccc2o1)c1cccc2c1OCC2. The molecule has 3 nitrogen and oxygen atoms in total. The second kappa shape index (κ2) is 4.39. The highest BCUT2D eigenvalue weighted by Crippen LogP contribution is 2.36. The number of para-hydroxylation sites is 2. The van der Waals surface area contributed by atoms with E-state index in [0.717, 1.165) is 41.1 Å². The van der Waals surface area contributed by atoms with Gasteiger partial charge in [0.2, 0.25) is 0 Å². The molecule has 2 N–H and O–H groups in total. The van der Waals surface area contributed by atoms with Gasteiger partial charge in [-0.05, 0) is 17.7 Å².